The van der Waals surface area contributed by atoms with Crippen molar-refractivity contribution in [2.45, 2.75) is 64.1 Å². The van der Waals surface area contributed by atoms with E-state index in [1.54, 1.807) is 0 Å². The van der Waals surface area contributed by atoms with Crippen molar-refractivity contribution < 1.29 is 0 Å². The molecule has 19 heavy (non-hydrogen) atoms. The number of fused-ring (bicyclic) bond motifs is 1. The van der Waals surface area contributed by atoms with Gasteiger partial charge < -0.3 is 10.2 Å². The average molecular weight is 265 g/mol. The molecule has 0 spiro atoms. The first-order valence-corrected chi connectivity index (χ1v) is 8.44. The van der Waals surface area contributed by atoms with Gasteiger partial charge in [0.15, 0.2) is 0 Å². The molecule has 0 aromatic carbocycles. The lowest BCUT2D eigenvalue weighted by atomic mass is 9.94. The lowest BCUT2D eigenvalue weighted by Crippen LogP contribution is -2.51. The predicted octanol–water partition coefficient (Wildman–Crippen LogP) is 1.93. The summed E-state index contributed by atoms with van der Waals surface area (Å²) in [6.07, 6.45) is 7.06. The van der Waals surface area contributed by atoms with E-state index in [4.69, 9.17) is 0 Å². The highest BCUT2D eigenvalue weighted by Gasteiger charge is 2.34. The molecule has 3 saturated heterocycles. The van der Waals surface area contributed by atoms with Gasteiger partial charge in [-0.3, -0.25) is 4.90 Å². The summed E-state index contributed by atoms with van der Waals surface area (Å²) in [7, 11) is 0. The van der Waals surface area contributed by atoms with Crippen molar-refractivity contribution in [3.05, 3.63) is 0 Å². The fourth-order valence-corrected chi connectivity index (χ4v) is 4.29. The van der Waals surface area contributed by atoms with Crippen molar-refractivity contribution >= 4 is 0 Å². The largest absolute Gasteiger partial charge is 0.314 e. The Morgan fingerprint density at radius 3 is 2.58 bits per heavy atom. The van der Waals surface area contributed by atoms with Gasteiger partial charge in [-0.2, -0.15) is 0 Å². The molecule has 0 aromatic heterocycles. The van der Waals surface area contributed by atoms with E-state index in [-0.39, 0.29) is 0 Å². The number of hydrogen-bond donors (Lipinski definition) is 1. The van der Waals surface area contributed by atoms with Gasteiger partial charge in [-0.1, -0.05) is 6.92 Å². The quantitative estimate of drug-likeness (QED) is 0.781. The van der Waals surface area contributed by atoms with Gasteiger partial charge in [-0.05, 0) is 71.1 Å². The topological polar surface area (TPSA) is 18.5 Å². The number of nitrogens with one attached hydrogen (secondary N) is 1. The second-order valence-electron chi connectivity index (χ2n) is 7.21. The molecule has 0 radical (unpaired) electrons. The van der Waals surface area contributed by atoms with Crippen molar-refractivity contribution in [1.29, 1.82) is 0 Å². The standard InChI is InChI=1S/C16H31N3/c1-13-11-17-14(2)5-8-19(12-13)16-6-9-18-7-3-4-15(18)10-16/h13-17H,3-12H2,1-2H3. The number of rotatable bonds is 1. The van der Waals surface area contributed by atoms with Crippen LogP contribution in [0.2, 0.25) is 0 Å². The second-order valence-corrected chi connectivity index (χ2v) is 7.21. The first-order chi connectivity index (χ1) is 9.22. The Hall–Kier alpha value is -0.120. The normalized spacial score (nSPS) is 42.6. The minimum atomic E-state index is 0.691. The molecular weight excluding hydrogens is 234 g/mol. The highest BCUT2D eigenvalue weighted by Crippen LogP contribution is 2.30. The van der Waals surface area contributed by atoms with E-state index in [1.807, 2.05) is 0 Å². The molecule has 3 aliphatic rings. The predicted molar refractivity (Wildman–Crippen MR) is 80.4 cm³/mol. The molecule has 0 saturated carbocycles. The number of nitrogens with zero attached hydrogens (tertiary/aromatic N) is 2. The molecule has 0 amide bonds. The SMILES string of the molecule is CC1CNC(C)CCN(C2CCN3CCCC3C2)C1. The van der Waals surface area contributed by atoms with Crippen molar-refractivity contribution in [3.8, 4) is 0 Å². The van der Waals surface area contributed by atoms with E-state index in [1.165, 1.54) is 64.8 Å². The summed E-state index contributed by atoms with van der Waals surface area (Å²) in [5.74, 6) is 0.796. The molecule has 3 rings (SSSR count). The average Bonchev–Trinajstić information content (AvgIpc) is 2.86. The molecule has 0 bridgehead atoms. The van der Waals surface area contributed by atoms with Crippen LogP contribution in [0.3, 0.4) is 0 Å². The van der Waals surface area contributed by atoms with E-state index in [0.717, 1.165) is 18.0 Å². The van der Waals surface area contributed by atoms with E-state index in [2.05, 4.69) is 29.0 Å². The van der Waals surface area contributed by atoms with Crippen LogP contribution >= 0.6 is 0 Å². The van der Waals surface area contributed by atoms with Crippen LogP contribution < -0.4 is 5.32 Å². The smallest absolute Gasteiger partial charge is 0.0122 e. The van der Waals surface area contributed by atoms with Gasteiger partial charge in [0.2, 0.25) is 0 Å². The molecule has 3 fully saturated rings. The third-order valence-corrected chi connectivity index (χ3v) is 5.52. The maximum atomic E-state index is 3.66. The van der Waals surface area contributed by atoms with Gasteiger partial charge in [0, 0.05) is 24.7 Å². The van der Waals surface area contributed by atoms with Gasteiger partial charge in [0.05, 0.1) is 0 Å². The van der Waals surface area contributed by atoms with Crippen molar-refractivity contribution in [1.82, 2.24) is 15.1 Å². The van der Waals surface area contributed by atoms with Gasteiger partial charge in [-0.15, -0.1) is 0 Å². The minimum absolute atomic E-state index is 0.691. The van der Waals surface area contributed by atoms with Gasteiger partial charge >= 0.3 is 0 Å². The van der Waals surface area contributed by atoms with E-state index in [9.17, 15) is 0 Å². The molecule has 110 valence electrons. The summed E-state index contributed by atoms with van der Waals surface area (Å²) in [4.78, 5) is 5.58. The molecule has 4 atom stereocenters. The van der Waals surface area contributed by atoms with Crippen LogP contribution in [0, 0.1) is 5.92 Å². The molecule has 0 aromatic rings. The third-order valence-electron chi connectivity index (χ3n) is 5.52. The van der Waals surface area contributed by atoms with Crippen LogP contribution in [0.1, 0.15) is 46.0 Å². The van der Waals surface area contributed by atoms with E-state index >= 15 is 0 Å². The first kappa shape index (κ1) is 13.8. The zero-order valence-electron chi connectivity index (χ0n) is 12.8. The van der Waals surface area contributed by atoms with Crippen LogP contribution in [0.25, 0.3) is 0 Å². The summed E-state index contributed by atoms with van der Waals surface area (Å²) in [6.45, 7) is 11.3. The van der Waals surface area contributed by atoms with Gasteiger partial charge in [-0.25, -0.2) is 0 Å². The molecule has 3 heteroatoms. The zero-order chi connectivity index (χ0) is 13.2. The molecule has 3 nitrogen and oxygen atoms in total. The molecule has 0 aliphatic carbocycles. The van der Waals surface area contributed by atoms with Gasteiger partial charge in [0.25, 0.3) is 0 Å². The van der Waals surface area contributed by atoms with Crippen LogP contribution in [-0.2, 0) is 0 Å². The highest BCUT2D eigenvalue weighted by molar-refractivity contribution is 4.91. The van der Waals surface area contributed by atoms with Crippen LogP contribution in [0.4, 0.5) is 0 Å². The maximum absolute atomic E-state index is 3.66. The Morgan fingerprint density at radius 2 is 1.68 bits per heavy atom. The molecular formula is C16H31N3. The molecule has 3 aliphatic heterocycles. The van der Waals surface area contributed by atoms with Gasteiger partial charge in [0.1, 0.15) is 0 Å². The lowest BCUT2D eigenvalue weighted by Gasteiger charge is -2.43. The van der Waals surface area contributed by atoms with Crippen molar-refractivity contribution in [2.24, 2.45) is 5.92 Å². The first-order valence-electron chi connectivity index (χ1n) is 8.44. The molecule has 3 heterocycles. The summed E-state index contributed by atoms with van der Waals surface area (Å²) in [6, 6.07) is 2.47. The summed E-state index contributed by atoms with van der Waals surface area (Å²) >= 11 is 0. The maximum Gasteiger partial charge on any atom is 0.0122 e. The van der Waals surface area contributed by atoms with Crippen molar-refractivity contribution in [3.63, 3.8) is 0 Å². The lowest BCUT2D eigenvalue weighted by molar-refractivity contribution is 0.0696. The zero-order valence-corrected chi connectivity index (χ0v) is 12.8. The Labute approximate surface area is 118 Å². The minimum Gasteiger partial charge on any atom is -0.314 e. The van der Waals surface area contributed by atoms with E-state index in [0.29, 0.717) is 6.04 Å². The second kappa shape index (κ2) is 6.11. The summed E-state index contributed by atoms with van der Waals surface area (Å²) < 4.78 is 0. The Bertz CT molecular complexity index is 294. The molecule has 4 unspecified atom stereocenters. The third kappa shape index (κ3) is 3.32. The van der Waals surface area contributed by atoms with Crippen LogP contribution in [-0.4, -0.2) is 60.6 Å². The summed E-state index contributed by atoms with van der Waals surface area (Å²) in [5.41, 5.74) is 0. The Kier molecular flexibility index (Phi) is 4.45. The fourth-order valence-electron chi connectivity index (χ4n) is 4.29. The van der Waals surface area contributed by atoms with Crippen LogP contribution in [0.5, 0.6) is 0 Å². The van der Waals surface area contributed by atoms with Crippen molar-refractivity contribution in [2.75, 3.05) is 32.7 Å². The highest BCUT2D eigenvalue weighted by atomic mass is 15.2. The number of piperidine rings is 1. The van der Waals surface area contributed by atoms with E-state index < -0.39 is 0 Å². The fraction of sp³-hybridized carbons (Fsp3) is 1.00. The Balaban J connectivity index is 1.59. The number of hydrogen-bond acceptors (Lipinski definition) is 3. The van der Waals surface area contributed by atoms with Crippen LogP contribution in [0.15, 0.2) is 0 Å². The Morgan fingerprint density at radius 1 is 0.895 bits per heavy atom. The monoisotopic (exact) mass is 265 g/mol. The summed E-state index contributed by atoms with van der Waals surface area (Å²) in [5, 5.41) is 3.66. The molecule has 1 N–H and O–H groups in total.